The molecule has 0 aromatic heterocycles. The number of methoxy groups -OCH3 is 2. The molecule has 1 aliphatic heterocycles. The van der Waals surface area contributed by atoms with Crippen molar-refractivity contribution in [2.45, 2.75) is 38.4 Å². The predicted octanol–water partition coefficient (Wildman–Crippen LogP) is -1.14. The Kier molecular flexibility index (Phi) is 6.65. The van der Waals surface area contributed by atoms with E-state index in [9.17, 15) is 19.6 Å². The summed E-state index contributed by atoms with van der Waals surface area (Å²) < 4.78 is 25.8. The minimum atomic E-state index is -2.09. The molecule has 24 heavy (non-hydrogen) atoms. The minimum Gasteiger partial charge on any atom is -0.463 e. The number of hydrogen-bond acceptors (Lipinski definition) is 9. The van der Waals surface area contributed by atoms with Crippen molar-refractivity contribution in [2.24, 2.45) is 11.1 Å². The number of carbonyl (C=O) groups is 3. The number of amides is 1. The van der Waals surface area contributed by atoms with Crippen LogP contribution in [-0.4, -0.2) is 63.3 Å². The molecule has 10 nitrogen and oxygen atoms in total. The van der Waals surface area contributed by atoms with Gasteiger partial charge in [0.15, 0.2) is 12.4 Å². The molecule has 0 unspecified atom stereocenters. The molecule has 1 amide bonds. The lowest BCUT2D eigenvalue weighted by Crippen LogP contribution is -2.68. The molecule has 1 saturated heterocycles. The van der Waals surface area contributed by atoms with Crippen molar-refractivity contribution in [3.63, 3.8) is 0 Å². The number of nitriles is 1. The summed E-state index contributed by atoms with van der Waals surface area (Å²) >= 11 is 0. The largest absolute Gasteiger partial charge is 0.463 e. The van der Waals surface area contributed by atoms with Crippen LogP contribution in [-0.2, 0) is 38.1 Å². The lowest BCUT2D eigenvalue weighted by molar-refractivity contribution is -0.299. The second-order valence-electron chi connectivity index (χ2n) is 5.11. The molecule has 0 spiro atoms. The number of hydrogen-bond donors (Lipinski definition) is 1. The Morgan fingerprint density at radius 2 is 1.79 bits per heavy atom. The zero-order chi connectivity index (χ0) is 18.5. The molecular weight excluding hydrogens is 324 g/mol. The van der Waals surface area contributed by atoms with E-state index in [0.29, 0.717) is 0 Å². The van der Waals surface area contributed by atoms with Crippen molar-refractivity contribution in [1.29, 1.82) is 5.26 Å². The van der Waals surface area contributed by atoms with Crippen LogP contribution >= 0.6 is 0 Å². The Balaban J connectivity index is 3.40. The summed E-state index contributed by atoms with van der Waals surface area (Å²) in [5, 5.41) is 9.66. The van der Waals surface area contributed by atoms with Crippen LogP contribution in [0.4, 0.5) is 0 Å². The number of nitrogens with two attached hydrogens (primary N) is 1. The van der Waals surface area contributed by atoms with Gasteiger partial charge < -0.3 is 29.4 Å². The Morgan fingerprint density at radius 1 is 1.17 bits per heavy atom. The number of carbonyl (C=O) groups excluding carboxylic acids is 3. The molecular formula is C14H20N2O8. The second-order valence-corrected chi connectivity index (χ2v) is 5.11. The van der Waals surface area contributed by atoms with E-state index < -0.39 is 47.9 Å². The Morgan fingerprint density at radius 3 is 2.17 bits per heavy atom. The topological polar surface area (TPSA) is 147 Å². The average molecular weight is 344 g/mol. The van der Waals surface area contributed by atoms with E-state index in [-0.39, 0.29) is 6.61 Å². The molecule has 5 atom stereocenters. The van der Waals surface area contributed by atoms with Crippen LogP contribution in [0.25, 0.3) is 0 Å². The van der Waals surface area contributed by atoms with Gasteiger partial charge in [-0.25, -0.2) is 0 Å². The average Bonchev–Trinajstić information content (AvgIpc) is 2.51. The van der Waals surface area contributed by atoms with Crippen LogP contribution in [0.5, 0.6) is 0 Å². The smallest absolute Gasteiger partial charge is 0.303 e. The van der Waals surface area contributed by atoms with Crippen LogP contribution in [0.2, 0.25) is 0 Å². The highest BCUT2D eigenvalue weighted by Gasteiger charge is 2.64. The minimum absolute atomic E-state index is 0.375. The van der Waals surface area contributed by atoms with E-state index in [1.807, 2.05) is 0 Å². The van der Waals surface area contributed by atoms with Crippen molar-refractivity contribution in [2.75, 3.05) is 20.8 Å². The third-order valence-electron chi connectivity index (χ3n) is 3.61. The van der Waals surface area contributed by atoms with Gasteiger partial charge in [0.05, 0.1) is 6.07 Å². The summed E-state index contributed by atoms with van der Waals surface area (Å²) in [7, 11) is 2.50. The Labute approximate surface area is 138 Å². The maximum absolute atomic E-state index is 12.1. The molecule has 0 saturated carbocycles. The summed E-state index contributed by atoms with van der Waals surface area (Å²) in [5.74, 6) is -2.48. The van der Waals surface area contributed by atoms with Gasteiger partial charge in [-0.1, -0.05) is 0 Å². The third-order valence-corrected chi connectivity index (χ3v) is 3.61. The van der Waals surface area contributed by atoms with Gasteiger partial charge in [-0.15, -0.1) is 0 Å². The van der Waals surface area contributed by atoms with Gasteiger partial charge >= 0.3 is 11.9 Å². The van der Waals surface area contributed by atoms with Gasteiger partial charge in [0, 0.05) is 28.1 Å². The first-order valence-electron chi connectivity index (χ1n) is 6.97. The third kappa shape index (κ3) is 3.64. The fraction of sp³-hybridized carbons (Fsp3) is 0.714. The van der Waals surface area contributed by atoms with Crippen molar-refractivity contribution >= 4 is 17.8 Å². The van der Waals surface area contributed by atoms with Crippen LogP contribution < -0.4 is 5.73 Å². The van der Waals surface area contributed by atoms with E-state index in [0.717, 1.165) is 6.92 Å². The van der Waals surface area contributed by atoms with Gasteiger partial charge in [0.2, 0.25) is 11.3 Å². The molecule has 0 aromatic carbocycles. The lowest BCUT2D eigenvalue weighted by Gasteiger charge is -2.47. The molecule has 134 valence electrons. The quantitative estimate of drug-likeness (QED) is 0.590. The zero-order valence-electron chi connectivity index (χ0n) is 13.8. The number of nitrogens with zero attached hydrogens (tertiary/aromatic N) is 1. The maximum Gasteiger partial charge on any atom is 0.303 e. The van der Waals surface area contributed by atoms with Gasteiger partial charge in [-0.05, 0) is 0 Å². The molecule has 2 N–H and O–H groups in total. The van der Waals surface area contributed by atoms with Crippen LogP contribution in [0.1, 0.15) is 13.8 Å². The van der Waals surface area contributed by atoms with Gasteiger partial charge in [0.25, 0.3) is 0 Å². The van der Waals surface area contributed by atoms with Crippen molar-refractivity contribution in [3.8, 4) is 6.07 Å². The van der Waals surface area contributed by atoms with Crippen molar-refractivity contribution < 1.29 is 38.1 Å². The predicted molar refractivity (Wildman–Crippen MR) is 75.9 cm³/mol. The standard InChI is InChI=1S/C14H20N2O8/c1-7(17)22-5-9-10(23-8(2)18)14(6-15,13(16)19)11(20-3)12(21-4)24-9/h9-12H,5H2,1-4H3,(H2,16,19)/t9-,10-,11+,12+,14+/m1/s1. The Hall–Kier alpha value is -2.22. The molecule has 0 aromatic rings. The van der Waals surface area contributed by atoms with E-state index in [1.165, 1.54) is 21.1 Å². The first kappa shape index (κ1) is 19.8. The van der Waals surface area contributed by atoms with Crippen LogP contribution in [0.15, 0.2) is 0 Å². The molecule has 0 radical (unpaired) electrons. The molecule has 1 rings (SSSR count). The van der Waals surface area contributed by atoms with E-state index >= 15 is 0 Å². The number of esters is 2. The number of primary amides is 1. The lowest BCUT2D eigenvalue weighted by atomic mass is 9.72. The summed E-state index contributed by atoms with van der Waals surface area (Å²) in [6.45, 7) is 1.89. The molecule has 0 bridgehead atoms. The first-order valence-corrected chi connectivity index (χ1v) is 6.97. The highest BCUT2D eigenvalue weighted by Crippen LogP contribution is 2.41. The highest BCUT2D eigenvalue weighted by atomic mass is 16.7. The summed E-state index contributed by atoms with van der Waals surface area (Å²) in [4.78, 5) is 34.6. The van der Waals surface area contributed by atoms with E-state index in [2.05, 4.69) is 0 Å². The molecule has 1 heterocycles. The fourth-order valence-electron chi connectivity index (χ4n) is 2.60. The first-order chi connectivity index (χ1) is 11.2. The van der Waals surface area contributed by atoms with Gasteiger partial charge in [-0.2, -0.15) is 5.26 Å². The van der Waals surface area contributed by atoms with Crippen LogP contribution in [0.3, 0.4) is 0 Å². The number of rotatable bonds is 6. The summed E-state index contributed by atoms with van der Waals surface area (Å²) in [5.41, 5.74) is 3.34. The molecule has 1 fully saturated rings. The monoisotopic (exact) mass is 344 g/mol. The SMILES string of the molecule is CO[C@H]1O[C@H](COC(C)=O)[C@@H](OC(C)=O)[C@](C#N)(C(N)=O)[C@H]1OC. The normalized spacial score (nSPS) is 32.5. The maximum atomic E-state index is 12.1. The molecule has 10 heteroatoms. The second kappa shape index (κ2) is 8.05. The van der Waals surface area contributed by atoms with Crippen molar-refractivity contribution in [1.82, 2.24) is 0 Å². The molecule has 0 aliphatic carbocycles. The fourth-order valence-corrected chi connectivity index (χ4v) is 2.60. The summed E-state index contributed by atoms with van der Waals surface area (Å²) in [6.07, 6.45) is -5.04. The zero-order valence-corrected chi connectivity index (χ0v) is 13.8. The summed E-state index contributed by atoms with van der Waals surface area (Å²) in [6, 6.07) is 1.78. The van der Waals surface area contributed by atoms with Gasteiger partial charge in [0.1, 0.15) is 18.8 Å². The van der Waals surface area contributed by atoms with Crippen molar-refractivity contribution in [3.05, 3.63) is 0 Å². The Bertz CT molecular complexity index is 545. The number of ether oxygens (including phenoxy) is 5. The van der Waals surface area contributed by atoms with E-state index in [4.69, 9.17) is 29.4 Å². The highest BCUT2D eigenvalue weighted by molar-refractivity contribution is 5.86. The molecule has 1 aliphatic rings. The van der Waals surface area contributed by atoms with Crippen LogP contribution in [0, 0.1) is 16.7 Å². The van der Waals surface area contributed by atoms with E-state index in [1.54, 1.807) is 6.07 Å². The van der Waals surface area contributed by atoms with Gasteiger partial charge in [-0.3, -0.25) is 14.4 Å².